The Balaban J connectivity index is 1.62. The second-order valence-electron chi connectivity index (χ2n) is 4.36. The highest BCUT2D eigenvalue weighted by atomic mass is 79.9. The quantitative estimate of drug-likeness (QED) is 0.683. The van der Waals surface area contributed by atoms with Crippen LogP contribution in [0.2, 0.25) is 0 Å². The van der Waals surface area contributed by atoms with E-state index in [0.717, 1.165) is 4.88 Å². The third-order valence-electron chi connectivity index (χ3n) is 2.85. The van der Waals surface area contributed by atoms with Gasteiger partial charge in [-0.3, -0.25) is 9.59 Å². The number of rotatable bonds is 5. The van der Waals surface area contributed by atoms with E-state index in [2.05, 4.69) is 21.2 Å². The molecule has 7 heteroatoms. The number of hydrogen-bond acceptors (Lipinski definition) is 5. The van der Waals surface area contributed by atoms with Crippen molar-refractivity contribution in [2.24, 2.45) is 0 Å². The highest BCUT2D eigenvalue weighted by Gasteiger charge is 2.15. The molecule has 3 aromatic rings. The minimum Gasteiger partial charge on any atom is -0.461 e. The van der Waals surface area contributed by atoms with Crippen LogP contribution in [0.4, 0.5) is 0 Å². The van der Waals surface area contributed by atoms with Gasteiger partial charge in [0.1, 0.15) is 0 Å². The first-order valence-corrected chi connectivity index (χ1v) is 7.95. The maximum Gasteiger partial charge on any atom is 0.287 e. The van der Waals surface area contributed by atoms with E-state index in [1.807, 2.05) is 0 Å². The van der Waals surface area contributed by atoms with Gasteiger partial charge in [-0.25, -0.2) is 0 Å². The van der Waals surface area contributed by atoms with Crippen LogP contribution in [-0.4, -0.2) is 11.7 Å². The first kappa shape index (κ1) is 14.8. The lowest BCUT2D eigenvalue weighted by Gasteiger charge is -2.00. The van der Waals surface area contributed by atoms with Crippen molar-refractivity contribution in [1.29, 1.82) is 0 Å². The molecular weight excluding hydrogens is 370 g/mol. The first-order chi connectivity index (χ1) is 10.6. The average Bonchev–Trinajstić information content (AvgIpc) is 3.25. The van der Waals surface area contributed by atoms with Gasteiger partial charge >= 0.3 is 0 Å². The van der Waals surface area contributed by atoms with Crippen molar-refractivity contribution < 1.29 is 18.4 Å². The van der Waals surface area contributed by atoms with Gasteiger partial charge in [-0.05, 0) is 52.3 Å². The summed E-state index contributed by atoms with van der Waals surface area (Å²) in [5.41, 5.74) is 0. The number of amides is 1. The molecule has 0 aliphatic rings. The van der Waals surface area contributed by atoms with Crippen molar-refractivity contribution in [2.45, 2.75) is 6.54 Å². The molecule has 5 nitrogen and oxygen atoms in total. The maximum absolute atomic E-state index is 12.1. The number of nitrogens with one attached hydrogen (secondary N) is 1. The fraction of sp³-hybridized carbons (Fsp3) is 0.0667. The van der Waals surface area contributed by atoms with E-state index in [4.69, 9.17) is 8.83 Å². The van der Waals surface area contributed by atoms with Gasteiger partial charge in [0, 0.05) is 4.88 Å². The Bertz CT molecular complexity index is 803. The maximum atomic E-state index is 12.1. The first-order valence-electron chi connectivity index (χ1n) is 6.34. The molecule has 3 rings (SSSR count). The number of carbonyl (C=O) groups is 2. The van der Waals surface area contributed by atoms with E-state index >= 15 is 0 Å². The van der Waals surface area contributed by atoms with Crippen LogP contribution in [-0.2, 0) is 6.54 Å². The van der Waals surface area contributed by atoms with Crippen LogP contribution in [0, 0.1) is 0 Å². The molecule has 1 amide bonds. The Hall–Kier alpha value is -2.12. The summed E-state index contributed by atoms with van der Waals surface area (Å²) in [6.45, 7) is 0.327. The number of halogens is 1. The van der Waals surface area contributed by atoms with Crippen LogP contribution in [0.25, 0.3) is 0 Å². The second kappa shape index (κ2) is 6.33. The Morgan fingerprint density at radius 2 is 2.00 bits per heavy atom. The SMILES string of the molecule is O=C(NCc1ccc(C(=O)c2ccco2)s1)c1ccc(Br)o1. The molecule has 112 valence electrons. The standard InChI is InChI=1S/C15H10BrNO4S/c16-13-6-4-11(21-13)15(19)17-8-9-3-5-12(22-9)14(18)10-2-1-7-20-10/h1-7H,8H2,(H,17,19). The van der Waals surface area contributed by atoms with Gasteiger partial charge in [-0.15, -0.1) is 11.3 Å². The summed E-state index contributed by atoms with van der Waals surface area (Å²) < 4.78 is 10.8. The minimum atomic E-state index is -0.307. The van der Waals surface area contributed by atoms with Crippen LogP contribution in [0.5, 0.6) is 0 Å². The fourth-order valence-electron chi connectivity index (χ4n) is 1.81. The molecule has 0 aliphatic carbocycles. The lowest BCUT2D eigenvalue weighted by Crippen LogP contribution is -2.21. The van der Waals surface area contributed by atoms with Crippen LogP contribution >= 0.6 is 27.3 Å². The normalized spacial score (nSPS) is 10.6. The zero-order valence-electron chi connectivity index (χ0n) is 11.2. The smallest absolute Gasteiger partial charge is 0.287 e. The molecule has 0 spiro atoms. The van der Waals surface area contributed by atoms with Crippen molar-refractivity contribution >= 4 is 39.0 Å². The Morgan fingerprint density at radius 3 is 2.68 bits per heavy atom. The van der Waals surface area contributed by atoms with E-state index in [1.165, 1.54) is 17.6 Å². The topological polar surface area (TPSA) is 72.5 Å². The van der Waals surface area contributed by atoms with Crippen LogP contribution in [0.1, 0.15) is 30.9 Å². The summed E-state index contributed by atoms with van der Waals surface area (Å²) in [5.74, 6) is 0.0636. The Labute approximate surface area is 138 Å². The lowest BCUT2D eigenvalue weighted by atomic mass is 10.2. The summed E-state index contributed by atoms with van der Waals surface area (Å²) in [6.07, 6.45) is 1.46. The van der Waals surface area contributed by atoms with Crippen molar-refractivity contribution in [3.8, 4) is 0 Å². The highest BCUT2D eigenvalue weighted by Crippen LogP contribution is 2.20. The van der Waals surface area contributed by atoms with Crippen LogP contribution in [0.3, 0.4) is 0 Å². The molecule has 3 heterocycles. The van der Waals surface area contributed by atoms with Crippen LogP contribution in [0.15, 0.2) is 56.2 Å². The summed E-state index contributed by atoms with van der Waals surface area (Å²) >= 11 is 4.46. The number of furan rings is 2. The third kappa shape index (κ3) is 3.20. The Kier molecular flexibility index (Phi) is 4.26. The highest BCUT2D eigenvalue weighted by molar-refractivity contribution is 9.10. The molecule has 0 saturated carbocycles. The fourth-order valence-corrected chi connectivity index (χ4v) is 3.01. The minimum absolute atomic E-state index is 0.164. The molecule has 0 bridgehead atoms. The van der Waals surface area contributed by atoms with Gasteiger partial charge in [0.15, 0.2) is 16.2 Å². The number of ketones is 1. The lowest BCUT2D eigenvalue weighted by molar-refractivity contribution is 0.0922. The van der Waals surface area contributed by atoms with Gasteiger partial charge < -0.3 is 14.2 Å². The van der Waals surface area contributed by atoms with Crippen molar-refractivity contribution in [2.75, 3.05) is 0 Å². The summed E-state index contributed by atoms with van der Waals surface area (Å²) in [7, 11) is 0. The molecule has 0 atom stereocenters. The molecule has 1 N–H and O–H groups in total. The van der Waals surface area contributed by atoms with Crippen LogP contribution < -0.4 is 5.32 Å². The van der Waals surface area contributed by atoms with E-state index < -0.39 is 0 Å². The predicted molar refractivity (Wildman–Crippen MR) is 84.0 cm³/mol. The predicted octanol–water partition coefficient (Wildman–Crippen LogP) is 3.86. The van der Waals surface area contributed by atoms with Gasteiger partial charge in [0.05, 0.1) is 17.7 Å². The summed E-state index contributed by atoms with van der Waals surface area (Å²) in [4.78, 5) is 25.4. The summed E-state index contributed by atoms with van der Waals surface area (Å²) in [5, 5.41) is 2.74. The van der Waals surface area contributed by atoms with Gasteiger partial charge in [0.25, 0.3) is 5.91 Å². The van der Waals surface area contributed by atoms with Crippen molar-refractivity contribution in [1.82, 2.24) is 5.32 Å². The zero-order chi connectivity index (χ0) is 15.5. The molecule has 0 saturated heterocycles. The van der Waals surface area contributed by atoms with Gasteiger partial charge in [0.2, 0.25) is 5.78 Å². The molecule has 22 heavy (non-hydrogen) atoms. The van der Waals surface area contributed by atoms with Gasteiger partial charge in [-0.2, -0.15) is 0 Å². The average molecular weight is 380 g/mol. The van der Waals surface area contributed by atoms with E-state index in [0.29, 0.717) is 21.9 Å². The van der Waals surface area contributed by atoms with E-state index in [-0.39, 0.29) is 17.5 Å². The number of hydrogen-bond donors (Lipinski definition) is 1. The number of thiophene rings is 1. The monoisotopic (exact) mass is 379 g/mol. The largest absolute Gasteiger partial charge is 0.461 e. The number of carbonyl (C=O) groups excluding carboxylic acids is 2. The molecule has 0 radical (unpaired) electrons. The van der Waals surface area contributed by atoms with E-state index in [1.54, 1.807) is 36.4 Å². The van der Waals surface area contributed by atoms with E-state index in [9.17, 15) is 9.59 Å². The molecule has 0 aliphatic heterocycles. The van der Waals surface area contributed by atoms with Gasteiger partial charge in [-0.1, -0.05) is 0 Å². The molecular formula is C15H10BrNO4S. The molecule has 0 aromatic carbocycles. The van der Waals surface area contributed by atoms with Crippen molar-refractivity contribution in [3.05, 3.63) is 68.6 Å². The molecule has 0 unspecified atom stereocenters. The van der Waals surface area contributed by atoms with Crippen molar-refractivity contribution in [3.63, 3.8) is 0 Å². The zero-order valence-corrected chi connectivity index (χ0v) is 13.6. The summed E-state index contributed by atoms with van der Waals surface area (Å²) in [6, 6.07) is 10.1. The third-order valence-corrected chi connectivity index (χ3v) is 4.36. The Morgan fingerprint density at radius 1 is 1.14 bits per heavy atom. The second-order valence-corrected chi connectivity index (χ2v) is 6.31. The molecule has 0 fully saturated rings. The molecule has 3 aromatic heterocycles.